The molecule has 4 aliphatic carbocycles. The summed E-state index contributed by atoms with van der Waals surface area (Å²) in [5.74, 6) is 0.191. The number of ether oxygens (including phenoxy) is 3. The maximum absolute atomic E-state index is 11.6. The zero-order valence-corrected chi connectivity index (χ0v) is 20.2. The molecule has 0 aromatic rings. The highest BCUT2D eigenvalue weighted by Crippen LogP contribution is 2.73. The van der Waals surface area contributed by atoms with Gasteiger partial charge in [-0.15, -0.1) is 0 Å². The van der Waals surface area contributed by atoms with Crippen molar-refractivity contribution >= 4 is 0 Å². The maximum Gasteiger partial charge on any atom is 0.161 e. The fourth-order valence-corrected chi connectivity index (χ4v) is 7.05. The minimum atomic E-state index is -0.925. The summed E-state index contributed by atoms with van der Waals surface area (Å²) in [6.07, 6.45) is 5.52. The molecule has 4 saturated carbocycles. The van der Waals surface area contributed by atoms with E-state index >= 15 is 0 Å². The van der Waals surface area contributed by atoms with Gasteiger partial charge in [-0.2, -0.15) is 0 Å². The molecular weight excluding hydrogens is 380 g/mol. The Morgan fingerprint density at radius 3 is 2.10 bits per heavy atom. The Morgan fingerprint density at radius 1 is 1.00 bits per heavy atom. The van der Waals surface area contributed by atoms with Gasteiger partial charge >= 0.3 is 0 Å². The Balaban J connectivity index is 1.60. The summed E-state index contributed by atoms with van der Waals surface area (Å²) >= 11 is 0. The van der Waals surface area contributed by atoms with Crippen molar-refractivity contribution < 1.29 is 24.4 Å². The quantitative estimate of drug-likeness (QED) is 0.601. The molecular formula is C25H44O5. The molecule has 0 spiro atoms. The van der Waals surface area contributed by atoms with Crippen LogP contribution >= 0.6 is 0 Å². The van der Waals surface area contributed by atoms with Crippen molar-refractivity contribution in [2.45, 2.75) is 129 Å². The Kier molecular flexibility index (Phi) is 5.28. The lowest BCUT2D eigenvalue weighted by Crippen LogP contribution is -2.57. The molecule has 0 radical (unpaired) electrons. The van der Waals surface area contributed by atoms with E-state index in [2.05, 4.69) is 48.5 Å². The second-order valence-corrected chi connectivity index (χ2v) is 13.3. The van der Waals surface area contributed by atoms with Crippen molar-refractivity contribution in [2.24, 2.45) is 22.2 Å². The Hall–Kier alpha value is -0.200. The minimum absolute atomic E-state index is 0.0579. The zero-order valence-electron chi connectivity index (χ0n) is 20.2. The van der Waals surface area contributed by atoms with Crippen LogP contribution in [-0.4, -0.2) is 46.2 Å². The molecule has 2 N–H and O–H groups in total. The molecule has 174 valence electrons. The van der Waals surface area contributed by atoms with Crippen molar-refractivity contribution in [3.8, 4) is 0 Å². The molecule has 7 unspecified atom stereocenters. The Bertz CT molecular complexity index is 659. The minimum Gasteiger partial charge on any atom is -0.389 e. The Labute approximate surface area is 182 Å². The maximum atomic E-state index is 11.6. The molecule has 30 heavy (non-hydrogen) atoms. The predicted molar refractivity (Wildman–Crippen MR) is 116 cm³/mol. The third-order valence-corrected chi connectivity index (χ3v) is 8.91. The van der Waals surface area contributed by atoms with E-state index in [0.29, 0.717) is 12.8 Å². The Morgan fingerprint density at radius 2 is 1.63 bits per heavy atom. The van der Waals surface area contributed by atoms with Crippen molar-refractivity contribution in [2.75, 3.05) is 6.61 Å². The van der Waals surface area contributed by atoms with Crippen LogP contribution in [0.25, 0.3) is 0 Å². The van der Waals surface area contributed by atoms with Crippen LogP contribution in [0.15, 0.2) is 0 Å². The molecule has 5 rings (SSSR count). The highest BCUT2D eigenvalue weighted by Gasteiger charge is 2.80. The molecule has 7 atom stereocenters. The summed E-state index contributed by atoms with van der Waals surface area (Å²) in [6, 6.07) is 0. The molecule has 1 aliphatic heterocycles. The van der Waals surface area contributed by atoms with Gasteiger partial charge in [0.15, 0.2) is 12.6 Å². The van der Waals surface area contributed by atoms with E-state index < -0.39 is 28.5 Å². The van der Waals surface area contributed by atoms with Gasteiger partial charge in [0.2, 0.25) is 0 Å². The van der Waals surface area contributed by atoms with E-state index in [1.54, 1.807) is 0 Å². The topological polar surface area (TPSA) is 68.2 Å². The van der Waals surface area contributed by atoms with Crippen molar-refractivity contribution in [1.82, 2.24) is 0 Å². The van der Waals surface area contributed by atoms with Crippen LogP contribution in [0.1, 0.15) is 99.8 Å². The van der Waals surface area contributed by atoms with E-state index in [9.17, 15) is 10.2 Å². The van der Waals surface area contributed by atoms with Gasteiger partial charge in [-0.05, 0) is 55.3 Å². The average molecular weight is 425 g/mol. The van der Waals surface area contributed by atoms with Crippen LogP contribution in [0.4, 0.5) is 0 Å². The average Bonchev–Trinajstić information content (AvgIpc) is 3.17. The second kappa shape index (κ2) is 6.90. The van der Waals surface area contributed by atoms with E-state index in [-0.39, 0.29) is 23.0 Å². The van der Waals surface area contributed by atoms with Gasteiger partial charge in [-0.25, -0.2) is 0 Å². The van der Waals surface area contributed by atoms with Gasteiger partial charge < -0.3 is 24.4 Å². The summed E-state index contributed by atoms with van der Waals surface area (Å²) in [5.41, 5.74) is -2.42. The summed E-state index contributed by atoms with van der Waals surface area (Å²) in [7, 11) is 0. The molecule has 4 bridgehead atoms. The van der Waals surface area contributed by atoms with Crippen molar-refractivity contribution in [1.29, 1.82) is 0 Å². The normalized spacial score (nSPS) is 43.9. The summed E-state index contributed by atoms with van der Waals surface area (Å²) in [6.45, 7) is 16.1. The summed E-state index contributed by atoms with van der Waals surface area (Å²) in [5, 5.41) is 22.9. The van der Waals surface area contributed by atoms with Crippen LogP contribution in [0.2, 0.25) is 0 Å². The van der Waals surface area contributed by atoms with Gasteiger partial charge in [0, 0.05) is 24.9 Å². The summed E-state index contributed by atoms with van der Waals surface area (Å²) < 4.78 is 19.2. The molecule has 1 saturated heterocycles. The standard InChI is InChI=1S/C25H44O5/c1-20(2,3)14-22(7,21(4,5)6)19(26)30-25-13-17-12-24(25,15-23(17,27)16-25)29-18-10-8-9-11-28-18/h17-19,26-27H,8-16H2,1-7H3. The number of rotatable bonds is 6. The molecule has 5 nitrogen and oxygen atoms in total. The molecule has 0 aromatic carbocycles. The smallest absolute Gasteiger partial charge is 0.161 e. The lowest BCUT2D eigenvalue weighted by atomic mass is 9.60. The third kappa shape index (κ3) is 3.48. The second-order valence-electron chi connectivity index (χ2n) is 13.3. The van der Waals surface area contributed by atoms with Crippen LogP contribution < -0.4 is 0 Å². The number of aliphatic hydroxyl groups excluding tert-OH is 1. The molecule has 0 amide bonds. The van der Waals surface area contributed by atoms with Crippen molar-refractivity contribution in [3.63, 3.8) is 0 Å². The van der Waals surface area contributed by atoms with Gasteiger partial charge in [0.1, 0.15) is 11.2 Å². The molecule has 5 fully saturated rings. The highest BCUT2D eigenvalue weighted by atomic mass is 16.7. The van der Waals surface area contributed by atoms with E-state index in [0.717, 1.165) is 45.1 Å². The number of aliphatic hydroxyl groups is 2. The van der Waals surface area contributed by atoms with Crippen molar-refractivity contribution in [3.05, 3.63) is 0 Å². The molecule has 5 aliphatic rings. The molecule has 0 aromatic heterocycles. The number of hydrogen-bond donors (Lipinski definition) is 2. The van der Waals surface area contributed by atoms with E-state index in [1.165, 1.54) is 0 Å². The van der Waals surface area contributed by atoms with Crippen LogP contribution in [-0.2, 0) is 14.2 Å². The van der Waals surface area contributed by atoms with Gasteiger partial charge in [0.05, 0.1) is 5.60 Å². The monoisotopic (exact) mass is 424 g/mol. The first-order valence-electron chi connectivity index (χ1n) is 12.0. The van der Waals surface area contributed by atoms with Gasteiger partial charge in [-0.1, -0.05) is 48.5 Å². The molecule has 1 heterocycles. The lowest BCUT2D eigenvalue weighted by molar-refractivity contribution is -0.318. The summed E-state index contributed by atoms with van der Waals surface area (Å²) in [4.78, 5) is 0. The van der Waals surface area contributed by atoms with Gasteiger partial charge in [0.25, 0.3) is 0 Å². The lowest BCUT2D eigenvalue weighted by Gasteiger charge is -2.51. The first-order chi connectivity index (χ1) is 13.6. The van der Waals surface area contributed by atoms with Crippen LogP contribution in [0, 0.1) is 22.2 Å². The van der Waals surface area contributed by atoms with E-state index in [1.807, 2.05) is 0 Å². The van der Waals surface area contributed by atoms with Crippen LogP contribution in [0.5, 0.6) is 0 Å². The largest absolute Gasteiger partial charge is 0.389 e. The fourth-order valence-electron chi connectivity index (χ4n) is 7.05. The first-order valence-corrected chi connectivity index (χ1v) is 12.0. The predicted octanol–water partition coefficient (Wildman–Crippen LogP) is 4.78. The zero-order chi connectivity index (χ0) is 22.2. The van der Waals surface area contributed by atoms with E-state index in [4.69, 9.17) is 14.2 Å². The van der Waals surface area contributed by atoms with Crippen LogP contribution in [0.3, 0.4) is 0 Å². The van der Waals surface area contributed by atoms with Gasteiger partial charge in [-0.3, -0.25) is 0 Å². The highest BCUT2D eigenvalue weighted by molar-refractivity contribution is 5.31. The number of hydrogen-bond acceptors (Lipinski definition) is 5. The fraction of sp³-hybridized carbons (Fsp3) is 1.00. The third-order valence-electron chi connectivity index (χ3n) is 8.91. The SMILES string of the molecule is CC(C)(C)CC(C)(C(O)OC12CC3CC1(OC1CCCCO1)CC3(O)C2)C(C)(C)C. The first kappa shape index (κ1) is 23.0. The molecule has 5 heteroatoms.